The summed E-state index contributed by atoms with van der Waals surface area (Å²) in [6.45, 7) is 0.0783. The molecule has 0 atom stereocenters. The molecule has 0 aliphatic rings. The number of hydrogen-bond donors (Lipinski definition) is 1. The summed E-state index contributed by atoms with van der Waals surface area (Å²) in [7, 11) is 2.80. The molecule has 0 spiro atoms. The molecule has 1 aromatic heterocycles. The third-order valence-electron chi connectivity index (χ3n) is 3.12. The van der Waals surface area contributed by atoms with Crippen molar-refractivity contribution in [2.24, 2.45) is 7.05 Å². The average molecular weight is 313 g/mol. The quantitative estimate of drug-likeness (QED) is 0.875. The van der Waals surface area contributed by atoms with Gasteiger partial charge in [0.15, 0.2) is 5.69 Å². The van der Waals surface area contributed by atoms with E-state index < -0.39 is 12.1 Å². The molecule has 118 valence electrons. The zero-order valence-corrected chi connectivity index (χ0v) is 12.7. The Kier molecular flexibility index (Phi) is 5.00. The molecule has 1 heterocycles. The Morgan fingerprint density at radius 1 is 1.30 bits per heavy atom. The Balaban J connectivity index is 2.14. The number of rotatable bonds is 4. The van der Waals surface area contributed by atoms with Crippen molar-refractivity contribution in [3.05, 3.63) is 53.3 Å². The van der Waals surface area contributed by atoms with Crippen molar-refractivity contribution in [1.29, 1.82) is 5.26 Å². The Labute approximate surface area is 133 Å². The van der Waals surface area contributed by atoms with Crippen molar-refractivity contribution in [3.63, 3.8) is 0 Å². The van der Waals surface area contributed by atoms with Crippen LogP contribution in [0, 0.1) is 11.3 Å². The number of amides is 1. The van der Waals surface area contributed by atoms with Gasteiger partial charge in [-0.3, -0.25) is 5.32 Å². The molecule has 7 heteroatoms. The van der Waals surface area contributed by atoms with Crippen molar-refractivity contribution in [2.75, 3.05) is 12.4 Å². The number of esters is 1. The summed E-state index contributed by atoms with van der Waals surface area (Å²) in [5.74, 6) is -0.660. The molecule has 1 amide bonds. The van der Waals surface area contributed by atoms with Gasteiger partial charge in [-0.2, -0.15) is 5.26 Å². The normalized spacial score (nSPS) is 9.78. The minimum Gasteiger partial charge on any atom is -0.464 e. The third kappa shape index (κ3) is 3.68. The number of methoxy groups -OCH3 is 1. The number of hydrogen-bond acceptors (Lipinski definition) is 5. The Hall–Kier alpha value is -3.27. The van der Waals surface area contributed by atoms with Gasteiger partial charge in [-0.05, 0) is 5.56 Å². The topological polar surface area (TPSA) is 93.3 Å². The van der Waals surface area contributed by atoms with Crippen molar-refractivity contribution in [2.45, 2.75) is 6.61 Å². The maximum atomic E-state index is 11.9. The van der Waals surface area contributed by atoms with Gasteiger partial charge in [0.2, 0.25) is 0 Å². The lowest BCUT2D eigenvalue weighted by Crippen LogP contribution is -2.17. The zero-order chi connectivity index (χ0) is 16.8. The van der Waals surface area contributed by atoms with Crippen LogP contribution in [0.3, 0.4) is 0 Å². The highest BCUT2D eigenvalue weighted by atomic mass is 16.5. The molecule has 0 bridgehead atoms. The average Bonchev–Trinajstić information content (AvgIpc) is 2.88. The fraction of sp³-hybridized carbons (Fsp3) is 0.188. The summed E-state index contributed by atoms with van der Waals surface area (Å²) in [4.78, 5) is 23.7. The number of nitrogens with zero attached hydrogens (tertiary/aromatic N) is 2. The highest BCUT2D eigenvalue weighted by Gasteiger charge is 2.23. The Morgan fingerprint density at radius 2 is 2.00 bits per heavy atom. The van der Waals surface area contributed by atoms with Gasteiger partial charge >= 0.3 is 12.1 Å². The van der Waals surface area contributed by atoms with Crippen LogP contribution in [0.15, 0.2) is 36.5 Å². The van der Waals surface area contributed by atoms with Gasteiger partial charge in [0.25, 0.3) is 0 Å². The molecule has 2 rings (SSSR count). The first kappa shape index (κ1) is 16.1. The van der Waals surface area contributed by atoms with Gasteiger partial charge in [-0.15, -0.1) is 0 Å². The minimum atomic E-state index is -0.762. The summed E-state index contributed by atoms with van der Waals surface area (Å²) in [6.07, 6.45) is 0.667. The van der Waals surface area contributed by atoms with Crippen LogP contribution in [0.5, 0.6) is 0 Å². The van der Waals surface area contributed by atoms with Crippen LogP contribution in [-0.4, -0.2) is 23.7 Å². The van der Waals surface area contributed by atoms with Crippen LogP contribution in [0.1, 0.15) is 21.6 Å². The van der Waals surface area contributed by atoms with E-state index in [2.05, 4.69) is 10.1 Å². The van der Waals surface area contributed by atoms with Gasteiger partial charge in [0.1, 0.15) is 12.7 Å². The predicted molar refractivity (Wildman–Crippen MR) is 81.7 cm³/mol. The van der Waals surface area contributed by atoms with Gasteiger partial charge < -0.3 is 14.0 Å². The summed E-state index contributed by atoms with van der Waals surface area (Å²) >= 11 is 0. The maximum Gasteiger partial charge on any atom is 0.412 e. The summed E-state index contributed by atoms with van der Waals surface area (Å²) < 4.78 is 11.2. The van der Waals surface area contributed by atoms with E-state index >= 15 is 0 Å². The monoisotopic (exact) mass is 313 g/mol. The third-order valence-corrected chi connectivity index (χ3v) is 3.12. The summed E-state index contributed by atoms with van der Waals surface area (Å²) in [5.41, 5.74) is 1.11. The van der Waals surface area contributed by atoms with Gasteiger partial charge in [0.05, 0.1) is 18.4 Å². The number of carbonyl (C=O) groups is 2. The van der Waals surface area contributed by atoms with Gasteiger partial charge in [-0.1, -0.05) is 30.3 Å². The molecule has 0 saturated carbocycles. The highest BCUT2D eigenvalue weighted by molar-refractivity contribution is 6.00. The molecule has 0 saturated heterocycles. The standard InChI is InChI=1S/C16H15N3O4/c1-19-9-12(8-17)13(14(19)15(20)22-2)18-16(21)23-10-11-6-4-3-5-7-11/h3-7,9H,10H2,1-2H3,(H,18,21). The lowest BCUT2D eigenvalue weighted by molar-refractivity contribution is 0.0591. The number of aryl methyl sites for hydroxylation is 1. The van der Waals surface area contributed by atoms with E-state index in [4.69, 9.17) is 10.00 Å². The van der Waals surface area contributed by atoms with Crippen LogP contribution < -0.4 is 5.32 Å². The van der Waals surface area contributed by atoms with E-state index in [1.54, 1.807) is 7.05 Å². The number of carbonyl (C=O) groups excluding carboxylic acids is 2. The Morgan fingerprint density at radius 3 is 2.61 bits per heavy atom. The van der Waals surface area contributed by atoms with Crippen LogP contribution in [0.25, 0.3) is 0 Å². The van der Waals surface area contributed by atoms with E-state index in [9.17, 15) is 9.59 Å². The van der Waals surface area contributed by atoms with Crippen molar-refractivity contribution in [3.8, 4) is 6.07 Å². The maximum absolute atomic E-state index is 11.9. The first-order valence-corrected chi connectivity index (χ1v) is 6.72. The van der Waals surface area contributed by atoms with Gasteiger partial charge in [-0.25, -0.2) is 9.59 Å². The fourth-order valence-electron chi connectivity index (χ4n) is 2.04. The van der Waals surface area contributed by atoms with E-state index in [-0.39, 0.29) is 23.6 Å². The number of nitrogens with one attached hydrogen (secondary N) is 1. The van der Waals surface area contributed by atoms with E-state index in [0.717, 1.165) is 5.56 Å². The predicted octanol–water partition coefficient (Wildman–Crippen LogP) is 2.43. The molecule has 7 nitrogen and oxygen atoms in total. The summed E-state index contributed by atoms with van der Waals surface area (Å²) in [5, 5.41) is 11.6. The van der Waals surface area contributed by atoms with Gasteiger partial charge in [0, 0.05) is 13.2 Å². The highest BCUT2D eigenvalue weighted by Crippen LogP contribution is 2.23. The number of anilines is 1. The lowest BCUT2D eigenvalue weighted by Gasteiger charge is -2.09. The van der Waals surface area contributed by atoms with Crippen LogP contribution in [0.2, 0.25) is 0 Å². The second-order valence-electron chi connectivity index (χ2n) is 4.67. The molecule has 0 aliphatic carbocycles. The van der Waals surface area contributed by atoms with E-state index in [1.165, 1.54) is 17.9 Å². The molecule has 0 radical (unpaired) electrons. The van der Waals surface area contributed by atoms with Crippen molar-refractivity contribution in [1.82, 2.24) is 4.57 Å². The smallest absolute Gasteiger partial charge is 0.412 e. The van der Waals surface area contributed by atoms with E-state index in [0.29, 0.717) is 0 Å². The van der Waals surface area contributed by atoms with E-state index in [1.807, 2.05) is 36.4 Å². The molecule has 0 unspecified atom stereocenters. The second-order valence-corrected chi connectivity index (χ2v) is 4.67. The van der Waals surface area contributed by atoms with Crippen molar-refractivity contribution < 1.29 is 19.1 Å². The Bertz CT molecular complexity index is 760. The first-order valence-electron chi connectivity index (χ1n) is 6.72. The van der Waals surface area contributed by atoms with Crippen LogP contribution >= 0.6 is 0 Å². The molecule has 1 N–H and O–H groups in total. The lowest BCUT2D eigenvalue weighted by atomic mass is 10.2. The molecule has 0 aliphatic heterocycles. The molecular weight excluding hydrogens is 298 g/mol. The summed E-state index contributed by atoms with van der Waals surface area (Å²) in [6, 6.07) is 11.1. The number of aromatic nitrogens is 1. The minimum absolute atomic E-state index is 0.0694. The molecule has 0 fully saturated rings. The number of nitriles is 1. The largest absolute Gasteiger partial charge is 0.464 e. The molecular formula is C16H15N3O4. The SMILES string of the molecule is COC(=O)c1c(NC(=O)OCc2ccccc2)c(C#N)cn1C. The van der Waals surface area contributed by atoms with Crippen LogP contribution in [0.4, 0.5) is 10.5 Å². The number of ether oxygens (including phenoxy) is 2. The molecule has 1 aromatic carbocycles. The molecule has 2 aromatic rings. The van der Waals surface area contributed by atoms with Crippen LogP contribution in [-0.2, 0) is 23.1 Å². The molecule has 23 heavy (non-hydrogen) atoms. The second kappa shape index (κ2) is 7.13. The first-order chi connectivity index (χ1) is 11.1. The zero-order valence-electron chi connectivity index (χ0n) is 12.7. The van der Waals surface area contributed by atoms with Crippen molar-refractivity contribution >= 4 is 17.7 Å². The number of benzene rings is 1. The fourth-order valence-corrected chi connectivity index (χ4v) is 2.04.